The first-order valence-corrected chi connectivity index (χ1v) is 5.95. The Morgan fingerprint density at radius 2 is 2.00 bits per heavy atom. The average molecular weight is 174 g/mol. The summed E-state index contributed by atoms with van der Waals surface area (Å²) in [6.07, 6.45) is 10.9. The number of rotatable bonds is 6. The molecule has 0 saturated heterocycles. The van der Waals surface area contributed by atoms with Gasteiger partial charge in [0.05, 0.1) is 0 Å². The molecule has 0 aromatic carbocycles. The third-order valence-corrected chi connectivity index (χ3v) is 2.13. The Bertz CT molecular complexity index is 130. The molecule has 0 aliphatic rings. The summed E-state index contributed by atoms with van der Waals surface area (Å²) in [5.74, 6) is 0.714. The summed E-state index contributed by atoms with van der Waals surface area (Å²) in [5.41, 5.74) is 0. The van der Waals surface area contributed by atoms with Gasteiger partial charge in [0.1, 0.15) is 0 Å². The van der Waals surface area contributed by atoms with Crippen LogP contribution in [-0.4, -0.2) is 16.2 Å². The molecule has 1 unspecified atom stereocenters. The van der Waals surface area contributed by atoms with Gasteiger partial charge in [-0.15, -0.1) is 0 Å². The fourth-order valence-electron chi connectivity index (χ4n) is 0.834. The van der Waals surface area contributed by atoms with Crippen LogP contribution in [0.2, 0.25) is 0 Å². The van der Waals surface area contributed by atoms with E-state index in [4.69, 9.17) is 0 Å². The zero-order chi connectivity index (χ0) is 8.53. The van der Waals surface area contributed by atoms with Crippen molar-refractivity contribution in [1.82, 2.24) is 0 Å². The number of allylic oxidation sites excluding steroid dienone is 1. The van der Waals surface area contributed by atoms with Gasteiger partial charge in [-0.05, 0) is 12.8 Å². The van der Waals surface area contributed by atoms with Crippen molar-refractivity contribution in [2.24, 2.45) is 0 Å². The van der Waals surface area contributed by atoms with Gasteiger partial charge in [0, 0.05) is 22.8 Å². The maximum absolute atomic E-state index is 10.6. The maximum atomic E-state index is 10.6. The van der Waals surface area contributed by atoms with Crippen LogP contribution < -0.4 is 0 Å². The molecule has 66 valence electrons. The van der Waals surface area contributed by atoms with Crippen LogP contribution in [0.25, 0.3) is 0 Å². The molecule has 0 aliphatic heterocycles. The van der Waals surface area contributed by atoms with Crippen LogP contribution >= 0.6 is 0 Å². The molecule has 0 amide bonds. The van der Waals surface area contributed by atoms with Gasteiger partial charge < -0.3 is 0 Å². The third-order valence-electron chi connectivity index (χ3n) is 1.47. The first-order chi connectivity index (χ1) is 5.27. The summed E-state index contributed by atoms with van der Waals surface area (Å²) in [5, 5.41) is 0. The van der Waals surface area contributed by atoms with E-state index in [2.05, 4.69) is 13.0 Å². The van der Waals surface area contributed by atoms with Crippen LogP contribution in [0.1, 0.15) is 32.6 Å². The molecule has 0 spiro atoms. The first kappa shape index (κ1) is 10.9. The van der Waals surface area contributed by atoms with Gasteiger partial charge >= 0.3 is 0 Å². The normalized spacial score (nSPS) is 14.0. The first-order valence-electron chi connectivity index (χ1n) is 4.22. The van der Waals surface area contributed by atoms with Crippen LogP contribution in [0.15, 0.2) is 12.2 Å². The second-order valence-corrected chi connectivity index (χ2v) is 4.19. The second kappa shape index (κ2) is 7.99. The molecule has 11 heavy (non-hydrogen) atoms. The molecule has 0 aromatic heterocycles. The van der Waals surface area contributed by atoms with Crippen LogP contribution in [0.5, 0.6) is 0 Å². The van der Waals surface area contributed by atoms with Gasteiger partial charge in [-0.2, -0.15) is 0 Å². The zero-order valence-electron chi connectivity index (χ0n) is 7.51. The molecule has 2 heteroatoms. The Labute approximate surface area is 72.3 Å². The Balaban J connectivity index is 3.10. The highest BCUT2D eigenvalue weighted by Crippen LogP contribution is 1.99. The SMILES string of the molecule is CCCCC/C=C/CS(C)=O. The highest BCUT2D eigenvalue weighted by Gasteiger charge is 1.83. The summed E-state index contributed by atoms with van der Waals surface area (Å²) < 4.78 is 10.6. The fraction of sp³-hybridized carbons (Fsp3) is 0.778. The number of unbranched alkanes of at least 4 members (excludes halogenated alkanes) is 3. The van der Waals surface area contributed by atoms with E-state index < -0.39 is 10.8 Å². The number of hydrogen-bond donors (Lipinski definition) is 0. The van der Waals surface area contributed by atoms with Crippen molar-refractivity contribution in [3.63, 3.8) is 0 Å². The molecule has 0 saturated carbocycles. The lowest BCUT2D eigenvalue weighted by Crippen LogP contribution is -1.87. The summed E-state index contributed by atoms with van der Waals surface area (Å²) in [6, 6.07) is 0. The molecular weight excluding hydrogens is 156 g/mol. The van der Waals surface area contributed by atoms with Crippen molar-refractivity contribution in [3.05, 3.63) is 12.2 Å². The van der Waals surface area contributed by atoms with Crippen molar-refractivity contribution in [1.29, 1.82) is 0 Å². The van der Waals surface area contributed by atoms with E-state index in [1.54, 1.807) is 6.26 Å². The highest BCUT2D eigenvalue weighted by molar-refractivity contribution is 7.84. The van der Waals surface area contributed by atoms with Gasteiger partial charge in [-0.1, -0.05) is 31.9 Å². The molecular formula is C9H18OS. The van der Waals surface area contributed by atoms with E-state index in [0.717, 1.165) is 6.42 Å². The van der Waals surface area contributed by atoms with Crippen LogP contribution in [0, 0.1) is 0 Å². The monoisotopic (exact) mass is 174 g/mol. The topological polar surface area (TPSA) is 17.1 Å². The minimum absolute atomic E-state index is 0.660. The van der Waals surface area contributed by atoms with Gasteiger partial charge in [0.15, 0.2) is 0 Å². The molecule has 0 fully saturated rings. The molecule has 0 aliphatic carbocycles. The van der Waals surface area contributed by atoms with E-state index in [-0.39, 0.29) is 0 Å². The summed E-state index contributed by atoms with van der Waals surface area (Å²) in [6.45, 7) is 2.20. The van der Waals surface area contributed by atoms with Crippen molar-refractivity contribution in [2.75, 3.05) is 12.0 Å². The molecule has 0 rings (SSSR count). The lowest BCUT2D eigenvalue weighted by molar-refractivity contribution is 0.688. The minimum atomic E-state index is -0.660. The fourth-order valence-corrected chi connectivity index (χ4v) is 1.24. The van der Waals surface area contributed by atoms with Crippen LogP contribution in [0.3, 0.4) is 0 Å². The standard InChI is InChI=1S/C9H18OS/c1-3-4-5-6-7-8-9-11(2)10/h7-8H,3-6,9H2,1-2H3/b8-7+. The van der Waals surface area contributed by atoms with Crippen molar-refractivity contribution in [2.45, 2.75) is 32.6 Å². The molecule has 0 bridgehead atoms. The molecule has 1 atom stereocenters. The van der Waals surface area contributed by atoms with E-state index in [0.29, 0.717) is 5.75 Å². The summed E-state index contributed by atoms with van der Waals surface area (Å²) in [7, 11) is -0.660. The second-order valence-electron chi connectivity index (χ2n) is 2.71. The predicted molar refractivity (Wildman–Crippen MR) is 52.2 cm³/mol. The van der Waals surface area contributed by atoms with Gasteiger partial charge in [0.2, 0.25) is 0 Å². The van der Waals surface area contributed by atoms with Gasteiger partial charge in [-0.25, -0.2) is 0 Å². The van der Waals surface area contributed by atoms with Gasteiger partial charge in [0.25, 0.3) is 0 Å². The predicted octanol–water partition coefficient (Wildman–Crippen LogP) is 2.50. The lowest BCUT2D eigenvalue weighted by Gasteiger charge is -1.91. The Kier molecular flexibility index (Phi) is 7.91. The Hall–Kier alpha value is -0.110. The van der Waals surface area contributed by atoms with Crippen molar-refractivity contribution < 1.29 is 4.21 Å². The number of hydrogen-bond acceptors (Lipinski definition) is 1. The molecule has 0 aromatic rings. The lowest BCUT2D eigenvalue weighted by atomic mass is 10.2. The van der Waals surface area contributed by atoms with Gasteiger partial charge in [-0.3, -0.25) is 4.21 Å². The largest absolute Gasteiger partial charge is 0.260 e. The third kappa shape index (κ3) is 9.89. The molecule has 0 heterocycles. The molecule has 0 radical (unpaired) electrons. The van der Waals surface area contributed by atoms with Crippen LogP contribution in [0.4, 0.5) is 0 Å². The minimum Gasteiger partial charge on any atom is -0.260 e. The smallest absolute Gasteiger partial charge is 0.0412 e. The maximum Gasteiger partial charge on any atom is 0.0412 e. The Morgan fingerprint density at radius 3 is 2.55 bits per heavy atom. The van der Waals surface area contributed by atoms with E-state index in [9.17, 15) is 4.21 Å². The average Bonchev–Trinajstić information content (AvgIpc) is 1.96. The summed E-state index contributed by atoms with van der Waals surface area (Å²) in [4.78, 5) is 0. The highest BCUT2D eigenvalue weighted by atomic mass is 32.2. The quantitative estimate of drug-likeness (QED) is 0.446. The van der Waals surface area contributed by atoms with Crippen molar-refractivity contribution in [3.8, 4) is 0 Å². The van der Waals surface area contributed by atoms with E-state index in [1.807, 2.05) is 6.08 Å². The zero-order valence-corrected chi connectivity index (χ0v) is 8.32. The molecule has 1 nitrogen and oxygen atoms in total. The molecule has 0 N–H and O–H groups in total. The van der Waals surface area contributed by atoms with Crippen molar-refractivity contribution >= 4 is 10.8 Å². The Morgan fingerprint density at radius 1 is 1.27 bits per heavy atom. The van der Waals surface area contributed by atoms with Crippen LogP contribution in [-0.2, 0) is 10.8 Å². The van der Waals surface area contributed by atoms with E-state index in [1.165, 1.54) is 19.3 Å². The van der Waals surface area contributed by atoms with E-state index >= 15 is 0 Å². The summed E-state index contributed by atoms with van der Waals surface area (Å²) >= 11 is 0.